The van der Waals surface area contributed by atoms with E-state index in [1.807, 2.05) is 36.6 Å². The molecule has 0 unspecified atom stereocenters. The van der Waals surface area contributed by atoms with Crippen molar-refractivity contribution in [2.24, 2.45) is 0 Å². The van der Waals surface area contributed by atoms with E-state index < -0.39 is 0 Å². The lowest BCUT2D eigenvalue weighted by Crippen LogP contribution is -2.23. The Morgan fingerprint density at radius 2 is 2.06 bits per heavy atom. The summed E-state index contributed by atoms with van der Waals surface area (Å²) in [6, 6.07) is 3.92. The molecule has 1 amide bonds. The van der Waals surface area contributed by atoms with Crippen molar-refractivity contribution >= 4 is 11.6 Å². The molecule has 84 valence electrons. The van der Waals surface area contributed by atoms with Crippen LogP contribution in [0.15, 0.2) is 18.3 Å². The quantitative estimate of drug-likeness (QED) is 0.728. The van der Waals surface area contributed by atoms with Gasteiger partial charge in [-0.25, -0.2) is 4.98 Å². The third-order valence-corrected chi connectivity index (χ3v) is 2.63. The van der Waals surface area contributed by atoms with Crippen molar-refractivity contribution in [3.8, 4) is 0 Å². The molecular weight excluding hydrogens is 202 g/mol. The van der Waals surface area contributed by atoms with Gasteiger partial charge in [0.15, 0.2) is 0 Å². The van der Waals surface area contributed by atoms with Gasteiger partial charge in [0.25, 0.3) is 5.91 Å². The van der Waals surface area contributed by atoms with E-state index in [0.29, 0.717) is 5.69 Å². The maximum absolute atomic E-state index is 12.0. The van der Waals surface area contributed by atoms with Crippen molar-refractivity contribution in [3.63, 3.8) is 0 Å². The number of imidazole rings is 1. The van der Waals surface area contributed by atoms with Crippen LogP contribution in [0.1, 0.15) is 21.7 Å². The minimum Gasteiger partial charge on any atom is -0.343 e. The molecule has 2 aromatic rings. The standard InChI is InChI=1S/C12H15N3O/c1-8-6-5-7-15-10(12(16)14(3)4)9(2)13-11(8)15/h5-7H,1-4H3. The van der Waals surface area contributed by atoms with Crippen LogP contribution in [0.2, 0.25) is 0 Å². The Hall–Kier alpha value is -1.84. The van der Waals surface area contributed by atoms with Crippen molar-refractivity contribution in [3.05, 3.63) is 35.3 Å². The van der Waals surface area contributed by atoms with Crippen LogP contribution >= 0.6 is 0 Å². The monoisotopic (exact) mass is 217 g/mol. The number of hydrogen-bond acceptors (Lipinski definition) is 2. The first kappa shape index (κ1) is 10.7. The highest BCUT2D eigenvalue weighted by molar-refractivity contribution is 5.94. The Kier molecular flexibility index (Phi) is 2.42. The number of carbonyl (C=O) groups is 1. The van der Waals surface area contributed by atoms with Gasteiger partial charge in [-0.05, 0) is 25.5 Å². The lowest BCUT2D eigenvalue weighted by molar-refractivity contribution is 0.0820. The van der Waals surface area contributed by atoms with Crippen molar-refractivity contribution in [1.29, 1.82) is 0 Å². The van der Waals surface area contributed by atoms with Gasteiger partial charge in [-0.3, -0.25) is 9.20 Å². The summed E-state index contributed by atoms with van der Waals surface area (Å²) in [5, 5.41) is 0. The van der Waals surface area contributed by atoms with Crippen LogP contribution in [-0.4, -0.2) is 34.3 Å². The highest BCUT2D eigenvalue weighted by atomic mass is 16.2. The molecular formula is C12H15N3O. The van der Waals surface area contributed by atoms with Crippen LogP contribution in [0.25, 0.3) is 5.65 Å². The van der Waals surface area contributed by atoms with E-state index >= 15 is 0 Å². The molecule has 0 atom stereocenters. The van der Waals surface area contributed by atoms with E-state index in [4.69, 9.17) is 0 Å². The molecule has 2 aromatic heterocycles. The second-order valence-corrected chi connectivity index (χ2v) is 4.13. The minimum absolute atomic E-state index is 0.0180. The van der Waals surface area contributed by atoms with Crippen LogP contribution in [0, 0.1) is 13.8 Å². The number of nitrogens with zero attached hydrogens (tertiary/aromatic N) is 3. The molecule has 0 aliphatic rings. The summed E-state index contributed by atoms with van der Waals surface area (Å²) in [6.45, 7) is 3.86. The minimum atomic E-state index is -0.0180. The Balaban J connectivity index is 2.75. The van der Waals surface area contributed by atoms with E-state index in [1.165, 1.54) is 0 Å². The summed E-state index contributed by atoms with van der Waals surface area (Å²) in [6.07, 6.45) is 1.87. The van der Waals surface area contributed by atoms with Crippen molar-refractivity contribution in [2.45, 2.75) is 13.8 Å². The van der Waals surface area contributed by atoms with Crippen LogP contribution < -0.4 is 0 Å². The van der Waals surface area contributed by atoms with Crippen LogP contribution in [-0.2, 0) is 0 Å². The van der Waals surface area contributed by atoms with Gasteiger partial charge in [0.1, 0.15) is 11.3 Å². The summed E-state index contributed by atoms with van der Waals surface area (Å²) in [5.74, 6) is -0.0180. The number of rotatable bonds is 1. The number of pyridine rings is 1. The van der Waals surface area contributed by atoms with E-state index in [0.717, 1.165) is 16.9 Å². The molecule has 2 heterocycles. The van der Waals surface area contributed by atoms with Gasteiger partial charge in [-0.2, -0.15) is 0 Å². The molecule has 2 rings (SSSR count). The first-order valence-electron chi connectivity index (χ1n) is 5.18. The van der Waals surface area contributed by atoms with Gasteiger partial charge < -0.3 is 4.90 Å². The number of hydrogen-bond donors (Lipinski definition) is 0. The Bertz CT molecular complexity index is 555. The zero-order valence-electron chi connectivity index (χ0n) is 9.98. The smallest absolute Gasteiger partial charge is 0.272 e. The van der Waals surface area contributed by atoms with Gasteiger partial charge in [0, 0.05) is 20.3 Å². The summed E-state index contributed by atoms with van der Waals surface area (Å²) in [4.78, 5) is 18.0. The topological polar surface area (TPSA) is 37.6 Å². The van der Waals surface area contributed by atoms with Crippen LogP contribution in [0.3, 0.4) is 0 Å². The maximum Gasteiger partial charge on any atom is 0.272 e. The zero-order valence-corrected chi connectivity index (χ0v) is 9.98. The predicted octanol–water partition coefficient (Wildman–Crippen LogP) is 1.65. The van der Waals surface area contributed by atoms with E-state index in [1.54, 1.807) is 19.0 Å². The van der Waals surface area contributed by atoms with Crippen molar-refractivity contribution in [2.75, 3.05) is 14.1 Å². The average Bonchev–Trinajstić information content (AvgIpc) is 2.55. The normalized spacial score (nSPS) is 10.8. The van der Waals surface area contributed by atoms with Gasteiger partial charge in [0.05, 0.1) is 5.69 Å². The first-order chi connectivity index (χ1) is 7.52. The van der Waals surface area contributed by atoms with Gasteiger partial charge in [-0.1, -0.05) is 6.07 Å². The molecule has 0 N–H and O–H groups in total. The fraction of sp³-hybridized carbons (Fsp3) is 0.333. The van der Waals surface area contributed by atoms with E-state index in [-0.39, 0.29) is 5.91 Å². The molecule has 16 heavy (non-hydrogen) atoms. The lowest BCUT2D eigenvalue weighted by atomic mass is 10.3. The molecule has 0 aromatic carbocycles. The predicted molar refractivity (Wildman–Crippen MR) is 62.7 cm³/mol. The summed E-state index contributed by atoms with van der Waals surface area (Å²) < 4.78 is 1.85. The van der Waals surface area contributed by atoms with Gasteiger partial charge >= 0.3 is 0 Å². The van der Waals surface area contributed by atoms with Gasteiger partial charge in [0.2, 0.25) is 0 Å². The van der Waals surface area contributed by atoms with E-state index in [9.17, 15) is 4.79 Å². The molecule has 4 nitrogen and oxygen atoms in total. The first-order valence-corrected chi connectivity index (χ1v) is 5.18. The lowest BCUT2D eigenvalue weighted by Gasteiger charge is -2.10. The highest BCUT2D eigenvalue weighted by Crippen LogP contribution is 2.16. The zero-order chi connectivity index (χ0) is 11.9. The average molecular weight is 217 g/mol. The number of aromatic nitrogens is 2. The Morgan fingerprint density at radius 1 is 1.38 bits per heavy atom. The third kappa shape index (κ3) is 1.46. The molecule has 0 spiro atoms. The SMILES string of the molecule is Cc1nc2c(C)cccn2c1C(=O)N(C)C. The van der Waals surface area contributed by atoms with Crippen molar-refractivity contribution in [1.82, 2.24) is 14.3 Å². The van der Waals surface area contributed by atoms with Crippen LogP contribution in [0.4, 0.5) is 0 Å². The summed E-state index contributed by atoms with van der Waals surface area (Å²) in [7, 11) is 3.49. The molecule has 0 saturated heterocycles. The second-order valence-electron chi connectivity index (χ2n) is 4.13. The molecule has 0 saturated carbocycles. The Morgan fingerprint density at radius 3 is 2.69 bits per heavy atom. The molecule has 0 fully saturated rings. The van der Waals surface area contributed by atoms with Crippen LogP contribution in [0.5, 0.6) is 0 Å². The van der Waals surface area contributed by atoms with E-state index in [2.05, 4.69) is 4.98 Å². The maximum atomic E-state index is 12.0. The number of aryl methyl sites for hydroxylation is 2. The molecule has 0 aliphatic heterocycles. The second kappa shape index (κ2) is 3.63. The number of carbonyl (C=O) groups excluding carboxylic acids is 1. The molecule has 0 aliphatic carbocycles. The molecule has 4 heteroatoms. The van der Waals surface area contributed by atoms with Gasteiger partial charge in [-0.15, -0.1) is 0 Å². The Labute approximate surface area is 94.5 Å². The molecule has 0 bridgehead atoms. The number of fused-ring (bicyclic) bond motifs is 1. The number of amides is 1. The third-order valence-electron chi connectivity index (χ3n) is 2.63. The largest absolute Gasteiger partial charge is 0.343 e. The summed E-state index contributed by atoms with van der Waals surface area (Å²) >= 11 is 0. The highest BCUT2D eigenvalue weighted by Gasteiger charge is 2.18. The molecule has 0 radical (unpaired) electrons. The fourth-order valence-electron chi connectivity index (χ4n) is 1.79. The summed E-state index contributed by atoms with van der Waals surface area (Å²) in [5.41, 5.74) is 3.34. The van der Waals surface area contributed by atoms with Crippen molar-refractivity contribution < 1.29 is 4.79 Å². The fourth-order valence-corrected chi connectivity index (χ4v) is 1.79.